The number of benzene rings is 2. The van der Waals surface area contributed by atoms with Gasteiger partial charge in [-0.3, -0.25) is 19.0 Å². The maximum atomic E-state index is 11.9. The predicted octanol–water partition coefficient (Wildman–Crippen LogP) is 3.76. The molecular formula is C24H24ClN3O7. The zero-order valence-corrected chi connectivity index (χ0v) is 20.0. The first-order valence-electron chi connectivity index (χ1n) is 10.8. The molecule has 0 amide bonds. The van der Waals surface area contributed by atoms with Crippen molar-refractivity contribution in [1.82, 2.24) is 9.55 Å². The molecule has 0 saturated carbocycles. The van der Waals surface area contributed by atoms with Crippen LogP contribution in [-0.4, -0.2) is 52.4 Å². The lowest BCUT2D eigenvalue weighted by Gasteiger charge is -2.24. The van der Waals surface area contributed by atoms with E-state index in [4.69, 9.17) is 30.5 Å². The van der Waals surface area contributed by atoms with Gasteiger partial charge in [0.15, 0.2) is 18.4 Å². The van der Waals surface area contributed by atoms with E-state index in [9.17, 15) is 14.4 Å². The van der Waals surface area contributed by atoms with Gasteiger partial charge in [-0.2, -0.15) is 0 Å². The standard InChI is InChI=1S/C24H24ClN3O7/c1-13(29)32-11-20-22(33-14(2)30)23(34-15(3)31)24(35-20)28-12-26-21-18(25)9-17(10-19(21)28)27-16-7-5-4-6-8-16/h4-10,12,20,22-24,27H,11H2,1-3H3. The van der Waals surface area contributed by atoms with E-state index in [0.29, 0.717) is 21.7 Å². The van der Waals surface area contributed by atoms with Crippen molar-refractivity contribution in [2.75, 3.05) is 11.9 Å². The summed E-state index contributed by atoms with van der Waals surface area (Å²) in [6.45, 7) is 3.53. The van der Waals surface area contributed by atoms with Crippen LogP contribution in [0.25, 0.3) is 11.0 Å². The van der Waals surface area contributed by atoms with Crippen LogP contribution < -0.4 is 5.32 Å². The number of carbonyl (C=O) groups is 3. The van der Waals surface area contributed by atoms with Crippen LogP contribution in [0.1, 0.15) is 27.0 Å². The molecule has 1 aliphatic heterocycles. The fraction of sp³-hybridized carbons (Fsp3) is 0.333. The van der Waals surface area contributed by atoms with Crippen LogP contribution in [0.2, 0.25) is 5.02 Å². The summed E-state index contributed by atoms with van der Waals surface area (Å²) in [6.07, 6.45) is -2.35. The second kappa shape index (κ2) is 10.3. The van der Waals surface area contributed by atoms with Crippen LogP contribution in [0.5, 0.6) is 0 Å². The summed E-state index contributed by atoms with van der Waals surface area (Å²) >= 11 is 6.51. The molecule has 2 aromatic carbocycles. The summed E-state index contributed by atoms with van der Waals surface area (Å²) in [4.78, 5) is 39.5. The number of rotatable bonds is 7. The minimum absolute atomic E-state index is 0.199. The van der Waals surface area contributed by atoms with E-state index in [1.807, 2.05) is 36.4 Å². The fourth-order valence-electron chi connectivity index (χ4n) is 3.97. The quantitative estimate of drug-likeness (QED) is 0.381. The number of imidazole rings is 1. The summed E-state index contributed by atoms with van der Waals surface area (Å²) in [7, 11) is 0. The first-order chi connectivity index (χ1) is 16.7. The number of nitrogens with one attached hydrogen (secondary N) is 1. The number of hydrogen-bond donors (Lipinski definition) is 1. The molecule has 0 spiro atoms. The Labute approximate surface area is 206 Å². The molecule has 0 aliphatic carbocycles. The number of fused-ring (bicyclic) bond motifs is 1. The molecule has 4 atom stereocenters. The van der Waals surface area contributed by atoms with Crippen molar-refractivity contribution in [3.63, 3.8) is 0 Å². The van der Waals surface area contributed by atoms with Crippen molar-refractivity contribution in [3.05, 3.63) is 53.8 Å². The first kappa shape index (κ1) is 24.5. The second-order valence-corrected chi connectivity index (χ2v) is 8.39. The Morgan fingerprint density at radius 1 is 1.00 bits per heavy atom. The molecule has 4 rings (SSSR count). The molecule has 0 bridgehead atoms. The van der Waals surface area contributed by atoms with Crippen molar-refractivity contribution < 1.29 is 33.3 Å². The minimum atomic E-state index is -1.03. The second-order valence-electron chi connectivity index (χ2n) is 7.98. The summed E-state index contributed by atoms with van der Waals surface area (Å²) in [5.74, 6) is -1.72. The lowest BCUT2D eigenvalue weighted by Crippen LogP contribution is -2.40. The van der Waals surface area contributed by atoms with Gasteiger partial charge in [0.1, 0.15) is 18.2 Å². The highest BCUT2D eigenvalue weighted by molar-refractivity contribution is 6.35. The zero-order chi connectivity index (χ0) is 25.1. The van der Waals surface area contributed by atoms with Crippen molar-refractivity contribution in [2.24, 2.45) is 0 Å². The topological polar surface area (TPSA) is 118 Å². The van der Waals surface area contributed by atoms with E-state index in [1.165, 1.54) is 27.1 Å². The summed E-state index contributed by atoms with van der Waals surface area (Å²) < 4.78 is 23.8. The van der Waals surface area contributed by atoms with E-state index < -0.39 is 42.4 Å². The van der Waals surface area contributed by atoms with Crippen LogP contribution in [0.4, 0.5) is 11.4 Å². The first-order valence-corrected chi connectivity index (χ1v) is 11.2. The molecule has 11 heteroatoms. The van der Waals surface area contributed by atoms with Crippen LogP contribution in [0.15, 0.2) is 48.8 Å². The molecule has 1 fully saturated rings. The van der Waals surface area contributed by atoms with Crippen LogP contribution >= 0.6 is 11.6 Å². The van der Waals surface area contributed by atoms with E-state index in [0.717, 1.165) is 5.69 Å². The maximum Gasteiger partial charge on any atom is 0.303 e. The normalized spacial score (nSPS) is 21.5. The van der Waals surface area contributed by atoms with Gasteiger partial charge in [0.2, 0.25) is 0 Å². The van der Waals surface area contributed by atoms with Crippen LogP contribution in [0.3, 0.4) is 0 Å². The van der Waals surface area contributed by atoms with Crippen LogP contribution in [0, 0.1) is 0 Å². The minimum Gasteiger partial charge on any atom is -0.463 e. The van der Waals surface area contributed by atoms with Gasteiger partial charge >= 0.3 is 17.9 Å². The molecule has 10 nitrogen and oxygen atoms in total. The number of carbonyl (C=O) groups excluding carboxylic acids is 3. The van der Waals surface area contributed by atoms with Crippen molar-refractivity contribution in [3.8, 4) is 0 Å². The SMILES string of the molecule is CC(=O)OCC1OC(n2cnc3c(Cl)cc(Nc4ccccc4)cc32)C(OC(C)=O)C1OC(C)=O. The van der Waals surface area contributed by atoms with Gasteiger partial charge in [0.25, 0.3) is 0 Å². The Balaban J connectivity index is 1.74. The van der Waals surface area contributed by atoms with E-state index in [-0.39, 0.29) is 6.61 Å². The van der Waals surface area contributed by atoms with Crippen molar-refractivity contribution in [2.45, 2.75) is 45.3 Å². The number of halogens is 1. The Morgan fingerprint density at radius 2 is 1.69 bits per heavy atom. The van der Waals surface area contributed by atoms with E-state index >= 15 is 0 Å². The third-order valence-corrected chi connectivity index (χ3v) is 5.60. The number of esters is 3. The Bertz CT molecular complexity index is 1250. The van der Waals surface area contributed by atoms with Gasteiger partial charge in [-0.15, -0.1) is 0 Å². The smallest absolute Gasteiger partial charge is 0.303 e. The van der Waals surface area contributed by atoms with Crippen molar-refractivity contribution in [1.29, 1.82) is 0 Å². The fourth-order valence-corrected chi connectivity index (χ4v) is 4.23. The monoisotopic (exact) mass is 501 g/mol. The van der Waals surface area contributed by atoms with Crippen LogP contribution in [-0.2, 0) is 33.3 Å². The third kappa shape index (κ3) is 5.55. The molecule has 184 valence electrons. The molecule has 2 heterocycles. The van der Waals surface area contributed by atoms with E-state index in [1.54, 1.807) is 10.6 Å². The number of aromatic nitrogens is 2. The predicted molar refractivity (Wildman–Crippen MR) is 126 cm³/mol. The molecule has 1 N–H and O–H groups in total. The van der Waals surface area contributed by atoms with Crippen molar-refractivity contribution >= 4 is 51.9 Å². The zero-order valence-electron chi connectivity index (χ0n) is 19.3. The Morgan fingerprint density at radius 3 is 2.34 bits per heavy atom. The number of nitrogens with zero attached hydrogens (tertiary/aromatic N) is 2. The molecule has 0 radical (unpaired) electrons. The average Bonchev–Trinajstić information content (AvgIpc) is 3.34. The lowest BCUT2D eigenvalue weighted by atomic mass is 10.1. The Hall–Kier alpha value is -3.63. The molecule has 1 aromatic heterocycles. The molecule has 35 heavy (non-hydrogen) atoms. The summed E-state index contributed by atoms with van der Waals surface area (Å²) in [5.41, 5.74) is 2.65. The number of anilines is 2. The lowest BCUT2D eigenvalue weighted by molar-refractivity contribution is -0.166. The number of hydrogen-bond acceptors (Lipinski definition) is 9. The molecular weight excluding hydrogens is 478 g/mol. The number of ether oxygens (including phenoxy) is 4. The summed E-state index contributed by atoms with van der Waals surface area (Å²) in [6, 6.07) is 13.1. The third-order valence-electron chi connectivity index (χ3n) is 5.31. The van der Waals surface area contributed by atoms with Gasteiger partial charge in [-0.25, -0.2) is 4.98 Å². The maximum absolute atomic E-state index is 11.9. The highest BCUT2D eigenvalue weighted by Crippen LogP contribution is 2.38. The largest absolute Gasteiger partial charge is 0.463 e. The van der Waals surface area contributed by atoms with E-state index in [2.05, 4.69) is 10.3 Å². The molecule has 1 aliphatic rings. The van der Waals surface area contributed by atoms with Gasteiger partial charge < -0.3 is 24.3 Å². The van der Waals surface area contributed by atoms with Gasteiger partial charge in [0.05, 0.1) is 16.9 Å². The highest BCUT2D eigenvalue weighted by atomic mass is 35.5. The average molecular weight is 502 g/mol. The van der Waals surface area contributed by atoms with Gasteiger partial charge in [0, 0.05) is 32.1 Å². The summed E-state index contributed by atoms with van der Waals surface area (Å²) in [5, 5.41) is 3.68. The van der Waals surface area contributed by atoms with Gasteiger partial charge in [-0.05, 0) is 24.3 Å². The van der Waals surface area contributed by atoms with Gasteiger partial charge in [-0.1, -0.05) is 29.8 Å². The number of para-hydroxylation sites is 1. The molecule has 4 unspecified atom stereocenters. The molecule has 1 saturated heterocycles. The Kier molecular flexibility index (Phi) is 7.23. The molecule has 3 aromatic rings. The highest BCUT2D eigenvalue weighted by Gasteiger charge is 2.50.